The van der Waals surface area contributed by atoms with Crippen LogP contribution in [-0.2, 0) is 4.74 Å². The largest absolute Gasteiger partial charge is 0.491 e. The quantitative estimate of drug-likeness (QED) is 0.444. The van der Waals surface area contributed by atoms with Gasteiger partial charge in [0.2, 0.25) is 5.16 Å². The third-order valence-electron chi connectivity index (χ3n) is 4.19. The minimum atomic E-state index is -0.745. The molecule has 9 heteroatoms. The number of thioether (sulfide) groups is 1. The second-order valence-electron chi connectivity index (χ2n) is 6.41. The van der Waals surface area contributed by atoms with E-state index in [0.29, 0.717) is 22.2 Å². The first-order chi connectivity index (χ1) is 14.0. The van der Waals surface area contributed by atoms with Crippen LogP contribution in [0.15, 0.2) is 47.6 Å². The fraction of sp³-hybridized carbons (Fsp3) is 0.300. The number of aliphatic hydroxyl groups excluding tert-OH is 1. The van der Waals surface area contributed by atoms with Crippen LogP contribution in [0.3, 0.4) is 0 Å². The van der Waals surface area contributed by atoms with Crippen molar-refractivity contribution in [2.75, 3.05) is 19.5 Å². The third kappa shape index (κ3) is 5.12. The van der Waals surface area contributed by atoms with Crippen LogP contribution < -0.4 is 4.74 Å². The molecule has 3 rings (SSSR count). The molecule has 0 bridgehead atoms. The highest BCUT2D eigenvalue weighted by Gasteiger charge is 2.16. The number of carbonyl (C=O) groups excluding carboxylic acids is 1. The van der Waals surface area contributed by atoms with Crippen molar-refractivity contribution in [3.63, 3.8) is 0 Å². The van der Waals surface area contributed by atoms with Crippen LogP contribution in [0.1, 0.15) is 21.5 Å². The van der Waals surface area contributed by atoms with Crippen LogP contribution in [0.4, 0.5) is 0 Å². The number of para-hydroxylation sites is 1. The predicted octanol–water partition coefficient (Wildman–Crippen LogP) is 2.60. The van der Waals surface area contributed by atoms with Crippen LogP contribution in [0.5, 0.6) is 5.75 Å². The average molecular weight is 414 g/mol. The number of hydrogen-bond acceptors (Lipinski definition) is 8. The molecular weight excluding hydrogens is 392 g/mol. The predicted molar refractivity (Wildman–Crippen MR) is 109 cm³/mol. The summed E-state index contributed by atoms with van der Waals surface area (Å²) >= 11 is 1.34. The van der Waals surface area contributed by atoms with Gasteiger partial charge in [-0.05, 0) is 53.6 Å². The van der Waals surface area contributed by atoms with Gasteiger partial charge in [-0.3, -0.25) is 0 Å². The van der Waals surface area contributed by atoms with Crippen molar-refractivity contribution in [1.29, 1.82) is 0 Å². The Morgan fingerprint density at radius 2 is 1.93 bits per heavy atom. The SMILES string of the molecule is COC(=O)c1cccc(OC[C@@H](O)CSc2nnnn2-c2c(C)cccc2C)c1. The van der Waals surface area contributed by atoms with Gasteiger partial charge < -0.3 is 14.6 Å². The average Bonchev–Trinajstić information content (AvgIpc) is 3.18. The molecule has 0 saturated carbocycles. The number of carbonyl (C=O) groups is 1. The van der Waals surface area contributed by atoms with E-state index in [0.717, 1.165) is 16.8 Å². The Morgan fingerprint density at radius 3 is 2.66 bits per heavy atom. The van der Waals surface area contributed by atoms with Gasteiger partial charge in [0.25, 0.3) is 0 Å². The second kappa shape index (κ2) is 9.53. The minimum Gasteiger partial charge on any atom is -0.491 e. The topological polar surface area (TPSA) is 99.4 Å². The first-order valence-corrected chi connectivity index (χ1v) is 9.95. The smallest absolute Gasteiger partial charge is 0.337 e. The molecule has 0 amide bonds. The lowest BCUT2D eigenvalue weighted by Crippen LogP contribution is -2.20. The Labute approximate surface area is 172 Å². The number of aliphatic hydroxyl groups is 1. The van der Waals surface area contributed by atoms with Gasteiger partial charge in [-0.1, -0.05) is 36.0 Å². The normalized spacial score (nSPS) is 11.9. The molecule has 8 nitrogen and oxygen atoms in total. The van der Waals surface area contributed by atoms with E-state index in [4.69, 9.17) is 9.47 Å². The second-order valence-corrected chi connectivity index (χ2v) is 7.40. The number of tetrazole rings is 1. The zero-order valence-corrected chi connectivity index (χ0v) is 17.2. The molecule has 152 valence electrons. The Bertz CT molecular complexity index is 972. The first kappa shape index (κ1) is 20.8. The zero-order chi connectivity index (χ0) is 20.8. The molecule has 1 atom stereocenters. The molecule has 1 heterocycles. The number of benzene rings is 2. The van der Waals surface area contributed by atoms with Crippen LogP contribution in [0.25, 0.3) is 5.69 Å². The molecule has 0 spiro atoms. The monoisotopic (exact) mass is 414 g/mol. The summed E-state index contributed by atoms with van der Waals surface area (Å²) in [6, 6.07) is 12.6. The Kier molecular flexibility index (Phi) is 6.84. The van der Waals surface area contributed by atoms with E-state index in [9.17, 15) is 9.90 Å². The number of esters is 1. The Morgan fingerprint density at radius 1 is 1.21 bits per heavy atom. The molecule has 0 unspecified atom stereocenters. The molecule has 29 heavy (non-hydrogen) atoms. The molecule has 0 radical (unpaired) electrons. The molecule has 0 aliphatic carbocycles. The summed E-state index contributed by atoms with van der Waals surface area (Å²) < 4.78 is 12.0. The van der Waals surface area contributed by atoms with E-state index in [-0.39, 0.29) is 6.61 Å². The maximum Gasteiger partial charge on any atom is 0.337 e. The molecule has 1 N–H and O–H groups in total. The maximum atomic E-state index is 11.6. The summed E-state index contributed by atoms with van der Waals surface area (Å²) in [6.07, 6.45) is -0.745. The molecule has 3 aromatic rings. The number of ether oxygens (including phenoxy) is 2. The fourth-order valence-electron chi connectivity index (χ4n) is 2.79. The summed E-state index contributed by atoms with van der Waals surface area (Å²) in [5.41, 5.74) is 3.45. The number of aryl methyl sites for hydroxylation is 2. The van der Waals surface area contributed by atoms with E-state index in [1.807, 2.05) is 32.0 Å². The van der Waals surface area contributed by atoms with Crippen molar-refractivity contribution < 1.29 is 19.4 Å². The minimum absolute atomic E-state index is 0.0720. The molecule has 1 aromatic heterocycles. The van der Waals surface area contributed by atoms with E-state index in [1.165, 1.54) is 18.9 Å². The standard InChI is InChI=1S/C20H22N4O4S/c1-13-6-4-7-14(2)18(13)24-20(21-22-23-24)29-12-16(25)11-28-17-9-5-8-15(10-17)19(26)27-3/h4-10,16,25H,11-12H2,1-3H3/t16-/m1/s1. The van der Waals surface area contributed by atoms with Crippen LogP contribution in [0, 0.1) is 13.8 Å². The Hall–Kier alpha value is -2.91. The van der Waals surface area contributed by atoms with Crippen molar-refractivity contribution in [3.05, 3.63) is 59.2 Å². The number of hydrogen-bond donors (Lipinski definition) is 1. The van der Waals surface area contributed by atoms with Crippen LogP contribution in [-0.4, -0.2) is 56.9 Å². The molecule has 2 aromatic carbocycles. The van der Waals surface area contributed by atoms with Crippen molar-refractivity contribution in [2.24, 2.45) is 0 Å². The van der Waals surface area contributed by atoms with Crippen molar-refractivity contribution in [2.45, 2.75) is 25.1 Å². The van der Waals surface area contributed by atoms with Gasteiger partial charge in [0, 0.05) is 5.75 Å². The summed E-state index contributed by atoms with van der Waals surface area (Å²) in [4.78, 5) is 11.6. The highest BCUT2D eigenvalue weighted by molar-refractivity contribution is 7.99. The van der Waals surface area contributed by atoms with Gasteiger partial charge in [-0.15, -0.1) is 5.10 Å². The van der Waals surface area contributed by atoms with Gasteiger partial charge in [-0.25, -0.2) is 4.79 Å². The number of aromatic nitrogens is 4. The van der Waals surface area contributed by atoms with Crippen LogP contribution in [0.2, 0.25) is 0 Å². The van der Waals surface area contributed by atoms with Crippen molar-refractivity contribution >= 4 is 17.7 Å². The summed E-state index contributed by atoms with van der Waals surface area (Å²) in [7, 11) is 1.32. The first-order valence-electron chi connectivity index (χ1n) is 8.96. The van der Waals surface area contributed by atoms with Gasteiger partial charge in [0.1, 0.15) is 12.4 Å². The fourth-order valence-corrected chi connectivity index (χ4v) is 3.57. The van der Waals surface area contributed by atoms with E-state index in [1.54, 1.807) is 28.9 Å². The highest BCUT2D eigenvalue weighted by atomic mass is 32.2. The van der Waals surface area contributed by atoms with Gasteiger partial charge in [-0.2, -0.15) is 4.68 Å². The lowest BCUT2D eigenvalue weighted by molar-refractivity contribution is 0.0600. The van der Waals surface area contributed by atoms with Crippen LogP contribution >= 0.6 is 11.8 Å². The number of rotatable bonds is 8. The lowest BCUT2D eigenvalue weighted by atomic mass is 10.1. The van der Waals surface area contributed by atoms with Gasteiger partial charge in [0.15, 0.2) is 0 Å². The Balaban J connectivity index is 1.59. The van der Waals surface area contributed by atoms with E-state index >= 15 is 0 Å². The molecule has 0 aliphatic rings. The summed E-state index contributed by atoms with van der Waals surface area (Å²) in [5.74, 6) is 0.393. The van der Waals surface area contributed by atoms with Crippen molar-refractivity contribution in [1.82, 2.24) is 20.2 Å². The number of nitrogens with zero attached hydrogens (tertiary/aromatic N) is 4. The van der Waals surface area contributed by atoms with E-state index in [2.05, 4.69) is 15.5 Å². The molecule has 0 fully saturated rings. The van der Waals surface area contributed by atoms with Crippen molar-refractivity contribution in [3.8, 4) is 11.4 Å². The highest BCUT2D eigenvalue weighted by Crippen LogP contribution is 2.24. The van der Waals surface area contributed by atoms with Gasteiger partial charge >= 0.3 is 5.97 Å². The summed E-state index contributed by atoms with van der Waals surface area (Å²) in [6.45, 7) is 4.08. The number of methoxy groups -OCH3 is 1. The molecule has 0 aliphatic heterocycles. The summed E-state index contributed by atoms with van der Waals surface area (Å²) in [5, 5.41) is 22.8. The maximum absolute atomic E-state index is 11.6. The molecule has 0 saturated heterocycles. The van der Waals surface area contributed by atoms with Gasteiger partial charge in [0.05, 0.1) is 24.5 Å². The lowest BCUT2D eigenvalue weighted by Gasteiger charge is -2.13. The van der Waals surface area contributed by atoms with E-state index < -0.39 is 12.1 Å². The third-order valence-corrected chi connectivity index (χ3v) is 5.26. The molecular formula is C20H22N4O4S. The zero-order valence-electron chi connectivity index (χ0n) is 16.4.